The smallest absolute Gasteiger partial charge is 0.273 e. The van der Waals surface area contributed by atoms with Crippen molar-refractivity contribution in [2.45, 2.75) is 19.8 Å². The van der Waals surface area contributed by atoms with Gasteiger partial charge in [0.1, 0.15) is 10.7 Å². The zero-order valence-corrected chi connectivity index (χ0v) is 20.8. The highest BCUT2D eigenvalue weighted by atomic mass is 32.1. The second kappa shape index (κ2) is 11.3. The van der Waals surface area contributed by atoms with Crippen LogP contribution in [0, 0.1) is 11.3 Å². The van der Waals surface area contributed by atoms with Gasteiger partial charge in [-0.05, 0) is 47.4 Å². The van der Waals surface area contributed by atoms with Crippen molar-refractivity contribution in [3.05, 3.63) is 122 Å². The number of amides is 1. The first-order valence-corrected chi connectivity index (χ1v) is 12.4. The molecule has 178 valence electrons. The van der Waals surface area contributed by atoms with Gasteiger partial charge in [-0.2, -0.15) is 5.26 Å². The number of benzene rings is 3. The maximum absolute atomic E-state index is 13.4. The number of allylic oxidation sites excluding steroid dienone is 1. The van der Waals surface area contributed by atoms with Gasteiger partial charge in [0.2, 0.25) is 0 Å². The Balaban J connectivity index is 1.81. The molecule has 4 aromatic rings. The maximum Gasteiger partial charge on any atom is 0.273 e. The summed E-state index contributed by atoms with van der Waals surface area (Å²) in [6.07, 6.45) is 5.40. The highest BCUT2D eigenvalue weighted by Gasteiger charge is 2.17. The van der Waals surface area contributed by atoms with E-state index in [2.05, 4.69) is 19.2 Å². The Morgan fingerprint density at radius 1 is 0.972 bits per heavy atom. The van der Waals surface area contributed by atoms with Gasteiger partial charge in [-0.3, -0.25) is 14.2 Å². The van der Waals surface area contributed by atoms with Gasteiger partial charge in [0, 0.05) is 5.69 Å². The fourth-order valence-electron chi connectivity index (χ4n) is 3.63. The van der Waals surface area contributed by atoms with Crippen LogP contribution >= 0.6 is 11.3 Å². The number of hydrogen-bond donors (Lipinski definition) is 1. The average Bonchev–Trinajstić information content (AvgIpc) is 3.21. The number of thiazole rings is 1. The number of nitrogens with one attached hydrogen (secondary N) is 1. The van der Waals surface area contributed by atoms with Gasteiger partial charge in [-0.1, -0.05) is 86.7 Å². The molecule has 0 saturated carbocycles. The molecular weight excluding hydrogens is 466 g/mol. The molecule has 36 heavy (non-hydrogen) atoms. The minimum absolute atomic E-state index is 0.124. The number of rotatable bonds is 6. The van der Waals surface area contributed by atoms with Crippen LogP contribution in [0.25, 0.3) is 23.4 Å². The molecule has 0 saturated heterocycles. The van der Waals surface area contributed by atoms with Gasteiger partial charge >= 0.3 is 0 Å². The van der Waals surface area contributed by atoms with E-state index in [0.29, 0.717) is 21.8 Å². The quantitative estimate of drug-likeness (QED) is 0.420. The van der Waals surface area contributed by atoms with Crippen LogP contribution in [0.15, 0.2) is 95.8 Å². The molecule has 0 aliphatic carbocycles. The predicted octanol–water partition coefficient (Wildman–Crippen LogP) is 4.83. The Bertz CT molecular complexity index is 1610. The second-order valence-electron chi connectivity index (χ2n) is 8.40. The molecule has 0 aliphatic rings. The first kappa shape index (κ1) is 24.6. The average molecular weight is 492 g/mol. The molecular formula is C30H25N3O2S. The van der Waals surface area contributed by atoms with E-state index in [-0.39, 0.29) is 15.8 Å². The highest BCUT2D eigenvalue weighted by molar-refractivity contribution is 7.07. The van der Waals surface area contributed by atoms with E-state index in [9.17, 15) is 14.9 Å². The number of para-hydroxylation sites is 1. The van der Waals surface area contributed by atoms with Crippen LogP contribution in [0.2, 0.25) is 0 Å². The molecule has 0 aliphatic heterocycles. The molecule has 5 nitrogen and oxygen atoms in total. The van der Waals surface area contributed by atoms with E-state index >= 15 is 0 Å². The van der Waals surface area contributed by atoms with E-state index in [1.54, 1.807) is 24.3 Å². The second-order valence-corrected chi connectivity index (χ2v) is 9.43. The number of hydrogen-bond acceptors (Lipinski definition) is 4. The Hall–Kier alpha value is -4.47. The number of nitriles is 1. The molecule has 0 bridgehead atoms. The van der Waals surface area contributed by atoms with Gasteiger partial charge in [0.15, 0.2) is 5.57 Å². The van der Waals surface area contributed by atoms with Crippen LogP contribution in [0.4, 0.5) is 5.69 Å². The van der Waals surface area contributed by atoms with Crippen LogP contribution in [-0.4, -0.2) is 10.5 Å². The molecule has 0 atom stereocenters. The standard InChI is InChI=1S/C30H25N3O2S/c1-21(2)23-16-18-24(19-17-23)32-28(34)26(20-31)30-33(25-13-7-4-8-14-25)29(35)27(36-30)15-9-12-22-10-5-3-6-11-22/h3-19,21H,1-2H3,(H,32,34)/b12-9+,27-15+,30-26+. The van der Waals surface area contributed by atoms with Gasteiger partial charge in [-0.15, -0.1) is 11.3 Å². The van der Waals surface area contributed by atoms with E-state index in [1.165, 1.54) is 4.57 Å². The number of anilines is 1. The van der Waals surface area contributed by atoms with Crippen molar-refractivity contribution in [2.75, 3.05) is 5.32 Å². The lowest BCUT2D eigenvalue weighted by atomic mass is 10.0. The summed E-state index contributed by atoms with van der Waals surface area (Å²) < 4.78 is 2.12. The number of aromatic nitrogens is 1. The first-order valence-electron chi connectivity index (χ1n) is 11.5. The van der Waals surface area contributed by atoms with E-state index in [4.69, 9.17) is 0 Å². The summed E-state index contributed by atoms with van der Waals surface area (Å²) in [5.74, 6) is -0.194. The van der Waals surface area contributed by atoms with Gasteiger partial charge < -0.3 is 5.32 Å². The van der Waals surface area contributed by atoms with Crippen LogP contribution < -0.4 is 20.1 Å². The number of carbonyl (C=O) groups excluding carboxylic acids is 1. The molecule has 0 unspecified atom stereocenters. The Morgan fingerprint density at radius 2 is 1.61 bits per heavy atom. The van der Waals surface area contributed by atoms with Crippen LogP contribution in [-0.2, 0) is 4.79 Å². The third kappa shape index (κ3) is 5.60. The molecule has 0 fully saturated rings. The molecule has 1 aromatic heterocycles. The van der Waals surface area contributed by atoms with Crippen LogP contribution in [0.3, 0.4) is 0 Å². The van der Waals surface area contributed by atoms with Gasteiger partial charge in [0.25, 0.3) is 11.5 Å². The highest BCUT2D eigenvalue weighted by Crippen LogP contribution is 2.17. The molecule has 6 heteroatoms. The van der Waals surface area contributed by atoms with Crippen molar-refractivity contribution in [3.63, 3.8) is 0 Å². The molecule has 1 amide bonds. The lowest BCUT2D eigenvalue weighted by Crippen LogP contribution is -2.32. The topological polar surface area (TPSA) is 74.9 Å². The lowest BCUT2D eigenvalue weighted by Gasteiger charge is -2.08. The third-order valence-corrected chi connectivity index (χ3v) is 6.67. The SMILES string of the molecule is CC(C)c1ccc(NC(=O)/C(C#N)=c2/s/c(=C/C=C/c3ccccc3)c(=O)n2-c2ccccc2)cc1. The molecule has 3 aromatic carbocycles. The Labute approximate surface area is 213 Å². The normalized spacial score (nSPS) is 12.6. The summed E-state index contributed by atoms with van der Waals surface area (Å²) in [5.41, 5.74) is 2.90. The van der Waals surface area contributed by atoms with E-state index in [0.717, 1.165) is 22.5 Å². The number of nitrogens with zero attached hydrogens (tertiary/aromatic N) is 2. The molecule has 0 spiro atoms. The van der Waals surface area contributed by atoms with E-state index < -0.39 is 5.91 Å². The Kier molecular flexibility index (Phi) is 7.74. The third-order valence-electron chi connectivity index (χ3n) is 5.56. The van der Waals surface area contributed by atoms with Gasteiger partial charge in [-0.25, -0.2) is 0 Å². The first-order chi connectivity index (χ1) is 17.5. The fourth-order valence-corrected chi connectivity index (χ4v) is 4.68. The Morgan fingerprint density at radius 3 is 2.22 bits per heavy atom. The van der Waals surface area contributed by atoms with Crippen molar-refractivity contribution in [3.8, 4) is 11.8 Å². The summed E-state index contributed by atoms with van der Waals surface area (Å²) in [6, 6.07) is 28.3. The van der Waals surface area contributed by atoms with Crippen molar-refractivity contribution in [1.82, 2.24) is 4.57 Å². The summed E-state index contributed by atoms with van der Waals surface area (Å²) in [6.45, 7) is 4.19. The lowest BCUT2D eigenvalue weighted by molar-refractivity contribution is -0.111. The summed E-state index contributed by atoms with van der Waals surface area (Å²) in [4.78, 5) is 26.6. The zero-order chi connectivity index (χ0) is 25.5. The molecule has 1 heterocycles. The minimum Gasteiger partial charge on any atom is -0.321 e. The summed E-state index contributed by atoms with van der Waals surface area (Å²) in [5, 5.41) is 12.8. The number of carbonyl (C=O) groups is 1. The van der Waals surface area contributed by atoms with E-state index in [1.807, 2.05) is 84.9 Å². The summed E-state index contributed by atoms with van der Waals surface area (Å²) >= 11 is 1.12. The monoisotopic (exact) mass is 491 g/mol. The fraction of sp³-hybridized carbons (Fsp3) is 0.100. The molecule has 1 N–H and O–H groups in total. The van der Waals surface area contributed by atoms with Gasteiger partial charge in [0.05, 0.1) is 10.2 Å². The van der Waals surface area contributed by atoms with Crippen molar-refractivity contribution in [1.29, 1.82) is 5.26 Å². The molecule has 4 rings (SSSR count). The maximum atomic E-state index is 13.4. The van der Waals surface area contributed by atoms with Crippen LogP contribution in [0.1, 0.15) is 30.9 Å². The van der Waals surface area contributed by atoms with Crippen molar-refractivity contribution in [2.24, 2.45) is 0 Å². The zero-order valence-electron chi connectivity index (χ0n) is 20.0. The van der Waals surface area contributed by atoms with Crippen molar-refractivity contribution < 1.29 is 4.79 Å². The predicted molar refractivity (Wildman–Crippen MR) is 147 cm³/mol. The summed E-state index contributed by atoms with van der Waals surface area (Å²) in [7, 11) is 0. The molecule has 0 radical (unpaired) electrons. The van der Waals surface area contributed by atoms with Crippen molar-refractivity contribution >= 4 is 40.7 Å². The largest absolute Gasteiger partial charge is 0.321 e. The van der Waals surface area contributed by atoms with Crippen LogP contribution in [0.5, 0.6) is 0 Å². The minimum atomic E-state index is -0.563.